The van der Waals surface area contributed by atoms with Crippen LogP contribution in [0.2, 0.25) is 0 Å². The Bertz CT molecular complexity index is 354. The minimum absolute atomic E-state index is 0.0484. The van der Waals surface area contributed by atoms with Crippen molar-refractivity contribution < 1.29 is 9.90 Å². The third-order valence-corrected chi connectivity index (χ3v) is 3.44. The summed E-state index contributed by atoms with van der Waals surface area (Å²) in [6.07, 6.45) is 6.69. The quantitative estimate of drug-likeness (QED) is 0.617. The number of nitrogens with zero attached hydrogens (tertiary/aromatic N) is 2. The Balaban J connectivity index is 1.85. The maximum Gasteiger partial charge on any atom is 0.224 e. The zero-order chi connectivity index (χ0) is 12.3. The van der Waals surface area contributed by atoms with Crippen LogP contribution in [-0.2, 0) is 4.79 Å². The molecule has 2 aliphatic rings. The normalized spacial score (nSPS) is 29.4. The molecule has 2 heterocycles. The van der Waals surface area contributed by atoms with Crippen LogP contribution in [-0.4, -0.2) is 40.4 Å². The van der Waals surface area contributed by atoms with Crippen LogP contribution in [0.25, 0.3) is 0 Å². The number of hydrogen-bond donors (Lipinski definition) is 1. The molecule has 1 amide bonds. The lowest BCUT2D eigenvalue weighted by Gasteiger charge is -2.32. The number of hydrogen-bond acceptors (Lipinski definition) is 3. The summed E-state index contributed by atoms with van der Waals surface area (Å²) in [7, 11) is 0. The first kappa shape index (κ1) is 12.6. The van der Waals surface area contributed by atoms with Gasteiger partial charge in [0, 0.05) is 25.6 Å². The summed E-state index contributed by atoms with van der Waals surface area (Å²) in [6.45, 7) is 0.560. The second kappa shape index (κ2) is 5.65. The van der Waals surface area contributed by atoms with Crippen molar-refractivity contribution in [1.82, 2.24) is 4.90 Å². The van der Waals surface area contributed by atoms with Gasteiger partial charge in [0.15, 0.2) is 0 Å². The molecule has 0 bridgehead atoms. The molecule has 0 aromatic rings. The minimum Gasteiger partial charge on any atom is -0.374 e. The van der Waals surface area contributed by atoms with Gasteiger partial charge < -0.3 is 10.0 Å². The number of aliphatic hydroxyl groups is 1. The average Bonchev–Trinajstić information content (AvgIpc) is 2.31. The van der Waals surface area contributed by atoms with E-state index < -0.39 is 6.23 Å². The second-order valence-corrected chi connectivity index (χ2v) is 4.94. The number of carbonyl (C=O) groups excluding carboxylic acids is 1. The Morgan fingerprint density at radius 1 is 1.59 bits per heavy atom. The second-order valence-electron chi connectivity index (χ2n) is 4.44. The predicted octanol–water partition coefficient (Wildman–Crippen LogP) is 1.67. The molecular weight excluding hydrogens is 240 g/mol. The number of aliphatic imine (C=N–C) groups is 1. The maximum atomic E-state index is 11.6. The van der Waals surface area contributed by atoms with Crippen molar-refractivity contribution in [3.8, 4) is 0 Å². The molecule has 17 heavy (non-hydrogen) atoms. The lowest BCUT2D eigenvalue weighted by atomic mass is 10.1. The molecule has 0 aliphatic carbocycles. The van der Waals surface area contributed by atoms with Crippen molar-refractivity contribution in [1.29, 1.82) is 0 Å². The highest BCUT2D eigenvalue weighted by molar-refractivity contribution is 6.21. The first-order valence-electron chi connectivity index (χ1n) is 6.00. The zero-order valence-corrected chi connectivity index (χ0v) is 10.4. The van der Waals surface area contributed by atoms with Crippen LogP contribution >= 0.6 is 11.6 Å². The lowest BCUT2D eigenvalue weighted by molar-refractivity contribution is -0.146. The highest BCUT2D eigenvalue weighted by Gasteiger charge is 2.25. The summed E-state index contributed by atoms with van der Waals surface area (Å²) in [5, 5.41) is 9.74. The van der Waals surface area contributed by atoms with Crippen LogP contribution in [0.3, 0.4) is 0 Å². The van der Waals surface area contributed by atoms with E-state index in [-0.39, 0.29) is 11.4 Å². The van der Waals surface area contributed by atoms with Crippen molar-refractivity contribution in [3.05, 3.63) is 11.6 Å². The van der Waals surface area contributed by atoms with E-state index in [2.05, 4.69) is 4.99 Å². The largest absolute Gasteiger partial charge is 0.374 e. The standard InChI is InChI=1S/C12H17ClN2O2/c13-10-5-4-9(8-14-10)6-7-15-11(16)2-1-3-12(15)17/h4,8,10-11,16H,1-3,5-7H2. The molecule has 2 atom stereocenters. The lowest BCUT2D eigenvalue weighted by Crippen LogP contribution is -2.44. The fraction of sp³-hybridized carbons (Fsp3) is 0.667. The Kier molecular flexibility index (Phi) is 4.18. The van der Waals surface area contributed by atoms with Gasteiger partial charge in [-0.3, -0.25) is 9.79 Å². The number of halogens is 1. The molecule has 0 aromatic carbocycles. The number of alkyl halides is 1. The summed E-state index contributed by atoms with van der Waals surface area (Å²) in [5.74, 6) is 0.0484. The average molecular weight is 257 g/mol. The van der Waals surface area contributed by atoms with Gasteiger partial charge in [0.05, 0.1) is 0 Å². The molecule has 2 aliphatic heterocycles. The van der Waals surface area contributed by atoms with Gasteiger partial charge >= 0.3 is 0 Å². The molecule has 1 N–H and O–H groups in total. The molecular formula is C12H17ClN2O2. The van der Waals surface area contributed by atoms with E-state index in [9.17, 15) is 9.90 Å². The SMILES string of the molecule is O=C1CCCC(O)N1CCC1=CCC(Cl)N=C1. The van der Waals surface area contributed by atoms with Gasteiger partial charge in [-0.2, -0.15) is 0 Å². The molecule has 2 rings (SSSR count). The maximum absolute atomic E-state index is 11.6. The van der Waals surface area contributed by atoms with E-state index in [4.69, 9.17) is 11.6 Å². The number of piperidine rings is 1. The molecule has 94 valence electrons. The van der Waals surface area contributed by atoms with Gasteiger partial charge in [0.2, 0.25) is 5.91 Å². The first-order valence-corrected chi connectivity index (χ1v) is 6.44. The van der Waals surface area contributed by atoms with E-state index in [0.717, 1.165) is 24.8 Å². The van der Waals surface area contributed by atoms with Gasteiger partial charge in [0.1, 0.15) is 11.7 Å². The monoisotopic (exact) mass is 256 g/mol. The van der Waals surface area contributed by atoms with Crippen LogP contribution in [0.1, 0.15) is 32.1 Å². The van der Waals surface area contributed by atoms with Crippen molar-refractivity contribution in [2.24, 2.45) is 4.99 Å². The van der Waals surface area contributed by atoms with Crippen LogP contribution in [0, 0.1) is 0 Å². The summed E-state index contributed by atoms with van der Waals surface area (Å²) in [4.78, 5) is 17.3. The molecule has 4 nitrogen and oxygen atoms in total. The number of amides is 1. The summed E-state index contributed by atoms with van der Waals surface area (Å²) < 4.78 is 0. The number of rotatable bonds is 3. The van der Waals surface area contributed by atoms with E-state index >= 15 is 0 Å². The first-order chi connectivity index (χ1) is 8.16. The fourth-order valence-corrected chi connectivity index (χ4v) is 2.28. The van der Waals surface area contributed by atoms with Crippen molar-refractivity contribution >= 4 is 23.7 Å². The minimum atomic E-state index is -0.613. The Labute approximate surface area is 106 Å². The molecule has 2 unspecified atom stereocenters. The third kappa shape index (κ3) is 3.30. The van der Waals surface area contributed by atoms with Crippen molar-refractivity contribution in [2.45, 2.75) is 43.8 Å². The Hall–Kier alpha value is -0.870. The van der Waals surface area contributed by atoms with Gasteiger partial charge in [-0.15, -0.1) is 0 Å². The highest BCUT2D eigenvalue weighted by Crippen LogP contribution is 2.19. The van der Waals surface area contributed by atoms with Crippen molar-refractivity contribution in [3.63, 3.8) is 0 Å². The van der Waals surface area contributed by atoms with Gasteiger partial charge in [0.25, 0.3) is 0 Å². The highest BCUT2D eigenvalue weighted by atomic mass is 35.5. The summed E-state index contributed by atoms with van der Waals surface area (Å²) in [5.41, 5.74) is 0.938. The number of carbonyl (C=O) groups is 1. The smallest absolute Gasteiger partial charge is 0.224 e. The van der Waals surface area contributed by atoms with E-state index in [1.165, 1.54) is 0 Å². The van der Waals surface area contributed by atoms with Gasteiger partial charge in [-0.25, -0.2) is 0 Å². The summed E-state index contributed by atoms with van der Waals surface area (Å²) >= 11 is 5.83. The molecule has 0 spiro atoms. The molecule has 5 heteroatoms. The van der Waals surface area contributed by atoms with Crippen LogP contribution in [0.5, 0.6) is 0 Å². The number of dihydropyridines is 1. The van der Waals surface area contributed by atoms with E-state index in [0.29, 0.717) is 19.4 Å². The predicted molar refractivity (Wildman–Crippen MR) is 67.0 cm³/mol. The van der Waals surface area contributed by atoms with Gasteiger partial charge in [-0.05, 0) is 24.8 Å². The topological polar surface area (TPSA) is 52.9 Å². The third-order valence-electron chi connectivity index (χ3n) is 3.15. The van der Waals surface area contributed by atoms with Crippen LogP contribution in [0.15, 0.2) is 16.6 Å². The molecule has 0 radical (unpaired) electrons. The molecule has 1 fully saturated rings. The van der Waals surface area contributed by atoms with Crippen molar-refractivity contribution in [2.75, 3.05) is 6.54 Å². The molecule has 0 aromatic heterocycles. The fourth-order valence-electron chi connectivity index (χ4n) is 2.13. The Morgan fingerprint density at radius 2 is 2.41 bits per heavy atom. The van der Waals surface area contributed by atoms with Gasteiger partial charge in [-0.1, -0.05) is 17.7 Å². The number of likely N-dealkylation sites (tertiary alicyclic amines) is 1. The molecule has 0 saturated carbocycles. The molecule has 1 saturated heterocycles. The Morgan fingerprint density at radius 3 is 3.06 bits per heavy atom. The van der Waals surface area contributed by atoms with E-state index in [1.54, 1.807) is 11.1 Å². The van der Waals surface area contributed by atoms with E-state index in [1.807, 2.05) is 6.08 Å². The van der Waals surface area contributed by atoms with Crippen LogP contribution < -0.4 is 0 Å². The van der Waals surface area contributed by atoms with Crippen LogP contribution in [0.4, 0.5) is 0 Å². The summed E-state index contributed by atoms with van der Waals surface area (Å²) in [6, 6.07) is 0. The number of aliphatic hydroxyl groups excluding tert-OH is 1. The zero-order valence-electron chi connectivity index (χ0n) is 9.68.